The van der Waals surface area contributed by atoms with Crippen LogP contribution in [0.1, 0.15) is 68.7 Å². The molecule has 224 valence electrons. The van der Waals surface area contributed by atoms with Gasteiger partial charge >= 0.3 is 12.0 Å². The molecule has 2 aliphatic rings. The van der Waals surface area contributed by atoms with Gasteiger partial charge in [0.25, 0.3) is 0 Å². The first-order chi connectivity index (χ1) is 19.6. The summed E-state index contributed by atoms with van der Waals surface area (Å²) >= 11 is 5.91. The van der Waals surface area contributed by atoms with Crippen molar-refractivity contribution in [2.24, 2.45) is 5.92 Å². The summed E-state index contributed by atoms with van der Waals surface area (Å²) in [5.74, 6) is -0.649. The van der Waals surface area contributed by atoms with E-state index in [0.29, 0.717) is 30.3 Å². The molecule has 41 heavy (non-hydrogen) atoms. The minimum absolute atomic E-state index is 0.00636. The molecule has 2 aromatic rings. The standard InChI is InChI=1S/C29H35ClFN3O5.C2H6/c1-19-13-21(7-10-26(19)39-12-11-34-27(35)18-32(2)29(34)38)17-33(16-20-5-3-4-6-20)25(15-28(36)37)22-8-9-23(30)24(31)14-22;1-2/h7-10,13-14,20,25H,3-6,11-12,15-18H2,1-2H3,(H,36,37);1-2H3/t25-;/m1./s1. The topological polar surface area (TPSA) is 90.4 Å². The highest BCUT2D eigenvalue weighted by atomic mass is 35.5. The van der Waals surface area contributed by atoms with Crippen molar-refractivity contribution in [3.05, 3.63) is 63.9 Å². The molecule has 10 heteroatoms. The molecule has 0 spiro atoms. The van der Waals surface area contributed by atoms with Gasteiger partial charge in [0.15, 0.2) is 0 Å². The lowest BCUT2D eigenvalue weighted by Crippen LogP contribution is -2.35. The Kier molecular flexibility index (Phi) is 12.0. The Balaban J connectivity index is 0.00000226. The van der Waals surface area contributed by atoms with Crippen LogP contribution in [-0.2, 0) is 16.1 Å². The maximum atomic E-state index is 14.4. The Morgan fingerprint density at radius 3 is 2.46 bits per heavy atom. The molecular weight excluding hydrogens is 549 g/mol. The predicted molar refractivity (Wildman–Crippen MR) is 157 cm³/mol. The van der Waals surface area contributed by atoms with Crippen LogP contribution in [0.5, 0.6) is 5.75 Å². The Hall–Kier alpha value is -3.17. The third-order valence-electron chi connectivity index (χ3n) is 7.53. The summed E-state index contributed by atoms with van der Waals surface area (Å²) in [6.45, 7) is 7.56. The van der Waals surface area contributed by atoms with Crippen LogP contribution in [0.3, 0.4) is 0 Å². The molecule has 1 saturated carbocycles. The predicted octanol–water partition coefficient (Wildman–Crippen LogP) is 6.29. The van der Waals surface area contributed by atoms with Crippen LogP contribution in [0.15, 0.2) is 36.4 Å². The van der Waals surface area contributed by atoms with Gasteiger partial charge in [-0.15, -0.1) is 0 Å². The third-order valence-corrected chi connectivity index (χ3v) is 7.84. The summed E-state index contributed by atoms with van der Waals surface area (Å²) in [5.41, 5.74) is 2.46. The van der Waals surface area contributed by atoms with Crippen molar-refractivity contribution in [1.82, 2.24) is 14.7 Å². The van der Waals surface area contributed by atoms with Crippen LogP contribution in [-0.4, -0.2) is 71.0 Å². The van der Waals surface area contributed by atoms with Crippen molar-refractivity contribution in [3.8, 4) is 5.75 Å². The quantitative estimate of drug-likeness (QED) is 0.292. The number of carboxylic acids is 1. The number of benzene rings is 2. The number of imide groups is 1. The van der Waals surface area contributed by atoms with Gasteiger partial charge < -0.3 is 14.7 Å². The molecule has 2 fully saturated rings. The molecule has 8 nitrogen and oxygen atoms in total. The molecular formula is C31H41ClFN3O5. The number of likely N-dealkylation sites (N-methyl/N-ethyl adjacent to an activating group) is 1. The maximum Gasteiger partial charge on any atom is 0.327 e. The fourth-order valence-electron chi connectivity index (χ4n) is 5.51. The molecule has 1 aliphatic heterocycles. The van der Waals surface area contributed by atoms with E-state index in [9.17, 15) is 23.9 Å². The van der Waals surface area contributed by atoms with Crippen molar-refractivity contribution in [2.45, 2.75) is 65.5 Å². The second-order valence-electron chi connectivity index (χ2n) is 10.5. The van der Waals surface area contributed by atoms with Gasteiger partial charge in [0.2, 0.25) is 5.91 Å². The zero-order valence-electron chi connectivity index (χ0n) is 24.4. The highest BCUT2D eigenvalue weighted by molar-refractivity contribution is 6.30. The molecule has 0 radical (unpaired) electrons. The van der Waals surface area contributed by atoms with Crippen molar-refractivity contribution >= 4 is 29.5 Å². The van der Waals surface area contributed by atoms with Gasteiger partial charge in [0.1, 0.15) is 24.7 Å². The fraction of sp³-hybridized carbons (Fsp3) is 0.516. The summed E-state index contributed by atoms with van der Waals surface area (Å²) in [6.07, 6.45) is 4.35. The number of amides is 3. The van der Waals surface area contributed by atoms with E-state index in [2.05, 4.69) is 4.90 Å². The summed E-state index contributed by atoms with van der Waals surface area (Å²) in [6, 6.07) is 9.47. The zero-order valence-corrected chi connectivity index (χ0v) is 25.1. The van der Waals surface area contributed by atoms with Crippen molar-refractivity contribution in [1.29, 1.82) is 0 Å². The maximum absolute atomic E-state index is 14.4. The van der Waals surface area contributed by atoms with E-state index < -0.39 is 17.8 Å². The number of carbonyl (C=O) groups excluding carboxylic acids is 2. The number of hydrogen-bond acceptors (Lipinski definition) is 5. The van der Waals surface area contributed by atoms with E-state index in [-0.39, 0.29) is 43.1 Å². The van der Waals surface area contributed by atoms with E-state index in [0.717, 1.165) is 36.8 Å². The highest BCUT2D eigenvalue weighted by Gasteiger charge is 2.33. The molecule has 0 unspecified atom stereocenters. The molecule has 2 aromatic carbocycles. The number of aryl methyl sites for hydroxylation is 1. The number of ether oxygens (including phenoxy) is 1. The summed E-state index contributed by atoms with van der Waals surface area (Å²) in [7, 11) is 1.59. The average molecular weight is 590 g/mol. The normalized spacial score (nSPS) is 16.3. The minimum atomic E-state index is -0.951. The van der Waals surface area contributed by atoms with Gasteiger partial charge in [0, 0.05) is 26.2 Å². The summed E-state index contributed by atoms with van der Waals surface area (Å²) in [4.78, 5) is 40.6. The second-order valence-corrected chi connectivity index (χ2v) is 10.9. The number of carboxylic acid groups (broad SMARTS) is 1. The number of halogens is 2. The van der Waals surface area contributed by atoms with Gasteiger partial charge in [-0.2, -0.15) is 0 Å². The van der Waals surface area contributed by atoms with Gasteiger partial charge in [0.05, 0.1) is 18.0 Å². The lowest BCUT2D eigenvalue weighted by atomic mass is 9.98. The van der Waals surface area contributed by atoms with Crippen LogP contribution in [0.2, 0.25) is 5.02 Å². The van der Waals surface area contributed by atoms with E-state index in [1.54, 1.807) is 13.1 Å². The lowest BCUT2D eigenvalue weighted by molar-refractivity contribution is -0.138. The van der Waals surface area contributed by atoms with Gasteiger partial charge in [-0.1, -0.05) is 56.5 Å². The smallest absolute Gasteiger partial charge is 0.327 e. The number of rotatable bonds is 12. The minimum Gasteiger partial charge on any atom is -0.491 e. The van der Waals surface area contributed by atoms with Crippen molar-refractivity contribution < 1.29 is 28.6 Å². The van der Waals surface area contributed by atoms with Crippen molar-refractivity contribution in [2.75, 3.05) is 33.3 Å². The van der Waals surface area contributed by atoms with Crippen molar-refractivity contribution in [3.63, 3.8) is 0 Å². The number of carbonyl (C=O) groups is 3. The largest absolute Gasteiger partial charge is 0.491 e. The van der Waals surface area contributed by atoms with E-state index >= 15 is 0 Å². The molecule has 4 rings (SSSR count). The Morgan fingerprint density at radius 1 is 1.17 bits per heavy atom. The first kappa shape index (κ1) is 32.3. The Morgan fingerprint density at radius 2 is 1.88 bits per heavy atom. The van der Waals surface area contributed by atoms with E-state index in [4.69, 9.17) is 16.3 Å². The molecule has 0 aromatic heterocycles. The van der Waals surface area contributed by atoms with Crippen LogP contribution in [0.25, 0.3) is 0 Å². The lowest BCUT2D eigenvalue weighted by Gasteiger charge is -2.33. The summed E-state index contributed by atoms with van der Waals surface area (Å²) in [5, 5.41) is 9.73. The number of nitrogens with zero attached hydrogens (tertiary/aromatic N) is 3. The number of urea groups is 1. The summed E-state index contributed by atoms with van der Waals surface area (Å²) < 4.78 is 20.3. The average Bonchev–Trinajstić information content (AvgIpc) is 3.54. The van der Waals surface area contributed by atoms with Crippen LogP contribution in [0, 0.1) is 18.7 Å². The van der Waals surface area contributed by atoms with Gasteiger partial charge in [-0.05, 0) is 60.6 Å². The SMILES string of the molecule is CC.Cc1cc(CN(CC2CCCC2)[C@H](CC(=O)O)c2ccc(Cl)c(F)c2)ccc1OCCN1C(=O)CN(C)C1=O. The Labute approximate surface area is 247 Å². The Bertz CT molecular complexity index is 1220. The molecule has 1 saturated heterocycles. The molecule has 0 bridgehead atoms. The van der Waals surface area contributed by atoms with Gasteiger partial charge in [-0.25, -0.2) is 9.18 Å². The second kappa shape index (κ2) is 15.2. The highest BCUT2D eigenvalue weighted by Crippen LogP contribution is 2.34. The molecule has 1 heterocycles. The van der Waals surface area contributed by atoms with E-state index in [1.807, 2.05) is 39.0 Å². The zero-order chi connectivity index (χ0) is 30.1. The third kappa shape index (κ3) is 8.66. The fourth-order valence-corrected chi connectivity index (χ4v) is 5.63. The van der Waals surface area contributed by atoms with Gasteiger partial charge in [-0.3, -0.25) is 19.4 Å². The monoisotopic (exact) mass is 589 g/mol. The van der Waals surface area contributed by atoms with Crippen LogP contribution in [0.4, 0.5) is 9.18 Å². The van der Waals surface area contributed by atoms with Crippen LogP contribution >= 0.6 is 11.6 Å². The first-order valence-electron chi connectivity index (χ1n) is 14.3. The molecule has 1 atom stereocenters. The molecule has 1 N–H and O–H groups in total. The first-order valence-corrected chi connectivity index (χ1v) is 14.7. The number of hydrogen-bond donors (Lipinski definition) is 1. The van der Waals surface area contributed by atoms with Crippen LogP contribution < -0.4 is 4.74 Å². The molecule has 3 amide bonds. The molecule has 1 aliphatic carbocycles. The number of aliphatic carboxylic acids is 1. The van der Waals surface area contributed by atoms with E-state index in [1.165, 1.54) is 21.9 Å².